The lowest BCUT2D eigenvalue weighted by Gasteiger charge is -2.06. The molecule has 0 atom stereocenters. The van der Waals surface area contributed by atoms with E-state index in [0.717, 1.165) is 5.57 Å². The van der Waals surface area contributed by atoms with Crippen LogP contribution < -0.4 is 5.32 Å². The Hall–Kier alpha value is -3.62. The summed E-state index contributed by atoms with van der Waals surface area (Å²) in [5.41, 5.74) is 5.43. The number of carbonyl (C=O) groups is 2. The molecule has 1 aliphatic carbocycles. The number of hydrogen-bond donors (Lipinski definition) is 1. The van der Waals surface area contributed by atoms with E-state index in [2.05, 4.69) is 24.2 Å². The van der Waals surface area contributed by atoms with Gasteiger partial charge in [0.05, 0.1) is 7.11 Å². The van der Waals surface area contributed by atoms with Gasteiger partial charge >= 0.3 is 0 Å². The normalized spacial score (nSPS) is 14.8. The van der Waals surface area contributed by atoms with E-state index in [9.17, 15) is 9.59 Å². The molecular formula is C25H27NO3. The Bertz CT molecular complexity index is 912. The summed E-state index contributed by atoms with van der Waals surface area (Å²) in [5.74, 6) is 0.267. The van der Waals surface area contributed by atoms with E-state index < -0.39 is 0 Å². The molecule has 0 spiro atoms. The number of ether oxygens (including phenoxy) is 1. The van der Waals surface area contributed by atoms with Crippen LogP contribution in [-0.4, -0.2) is 18.8 Å². The van der Waals surface area contributed by atoms with E-state index >= 15 is 0 Å². The lowest BCUT2D eigenvalue weighted by Crippen LogP contribution is -2.22. The van der Waals surface area contributed by atoms with Crippen LogP contribution in [-0.2, 0) is 14.3 Å². The quantitative estimate of drug-likeness (QED) is 0.249. The van der Waals surface area contributed by atoms with Gasteiger partial charge in [0.15, 0.2) is 5.78 Å². The number of ketones is 1. The molecule has 0 aliphatic heterocycles. The van der Waals surface area contributed by atoms with Crippen molar-refractivity contribution in [1.29, 1.82) is 0 Å². The highest BCUT2D eigenvalue weighted by Gasteiger charge is 2.07. The fourth-order valence-electron chi connectivity index (χ4n) is 2.13. The largest absolute Gasteiger partial charge is 0.497 e. The fraction of sp³-hybridized carbons (Fsp3) is 0.160. The highest BCUT2D eigenvalue weighted by atomic mass is 16.5. The molecule has 0 unspecified atom stereocenters. The molecule has 0 aromatic rings. The number of nitrogens with one attached hydrogen (secondary N) is 1. The zero-order valence-corrected chi connectivity index (χ0v) is 17.2. The van der Waals surface area contributed by atoms with Crippen LogP contribution in [0.3, 0.4) is 0 Å². The van der Waals surface area contributed by atoms with E-state index in [1.165, 1.54) is 13.2 Å². The van der Waals surface area contributed by atoms with Crippen LogP contribution in [0.4, 0.5) is 0 Å². The third kappa shape index (κ3) is 8.74. The highest BCUT2D eigenvalue weighted by molar-refractivity contribution is 5.97. The van der Waals surface area contributed by atoms with Crippen LogP contribution in [0.15, 0.2) is 114 Å². The Morgan fingerprint density at radius 1 is 1.07 bits per heavy atom. The topological polar surface area (TPSA) is 55.4 Å². The number of methoxy groups -OCH3 is 1. The zero-order valence-electron chi connectivity index (χ0n) is 17.2. The second-order valence-corrected chi connectivity index (χ2v) is 6.16. The number of carbonyl (C=O) groups excluding carboxylic acids is 2. The average Bonchev–Trinajstić information content (AvgIpc) is 2.99. The van der Waals surface area contributed by atoms with E-state index in [4.69, 9.17) is 4.74 Å². The van der Waals surface area contributed by atoms with Crippen molar-refractivity contribution in [2.45, 2.75) is 20.3 Å². The van der Waals surface area contributed by atoms with Gasteiger partial charge in [-0.1, -0.05) is 43.5 Å². The van der Waals surface area contributed by atoms with E-state index in [-0.39, 0.29) is 18.1 Å². The van der Waals surface area contributed by atoms with Crippen LogP contribution in [0.5, 0.6) is 0 Å². The third-order valence-corrected chi connectivity index (χ3v) is 3.97. The molecule has 0 saturated carbocycles. The first kappa shape index (κ1) is 23.4. The predicted molar refractivity (Wildman–Crippen MR) is 119 cm³/mol. The Morgan fingerprint density at radius 3 is 2.45 bits per heavy atom. The van der Waals surface area contributed by atoms with Crippen molar-refractivity contribution in [3.63, 3.8) is 0 Å². The molecule has 0 bridgehead atoms. The first-order valence-corrected chi connectivity index (χ1v) is 9.10. The molecule has 1 rings (SSSR count). The first-order valence-electron chi connectivity index (χ1n) is 9.10. The highest BCUT2D eigenvalue weighted by Crippen LogP contribution is 2.11. The van der Waals surface area contributed by atoms with Crippen LogP contribution in [0.25, 0.3) is 0 Å². The van der Waals surface area contributed by atoms with Crippen LogP contribution >= 0.6 is 0 Å². The van der Waals surface area contributed by atoms with Gasteiger partial charge in [0.25, 0.3) is 5.91 Å². The van der Waals surface area contributed by atoms with Gasteiger partial charge in [-0.25, -0.2) is 0 Å². The summed E-state index contributed by atoms with van der Waals surface area (Å²) in [6.45, 7) is 10.8. The summed E-state index contributed by atoms with van der Waals surface area (Å²) >= 11 is 0. The number of hydrogen-bond acceptors (Lipinski definition) is 3. The molecule has 0 fully saturated rings. The standard InChI is InChI=1S/C25H27NO3/c1-6-22(26-25(28)20(4)15-17-23(7-2)29-5)16-14-19(3)24(27)18-21-12-10-8-9-11-13-21/h6-10,12-17H,1-2,18H2,3-5H3,(H,26,28)/b19-14+,20-15+,22-16+,23-17+. The van der Waals surface area contributed by atoms with Crippen molar-refractivity contribution in [2.75, 3.05) is 7.11 Å². The van der Waals surface area contributed by atoms with Crippen molar-refractivity contribution in [3.8, 4) is 0 Å². The van der Waals surface area contributed by atoms with Crippen LogP contribution in [0.1, 0.15) is 20.3 Å². The number of Topliss-reactive ketones (excluding diaryl/α,β-unsaturated/α-hetero) is 1. The average molecular weight is 389 g/mol. The molecule has 0 aromatic carbocycles. The van der Waals surface area contributed by atoms with Crippen molar-refractivity contribution in [1.82, 2.24) is 5.32 Å². The molecule has 0 radical (unpaired) electrons. The molecular weight excluding hydrogens is 362 g/mol. The third-order valence-electron chi connectivity index (χ3n) is 3.97. The molecule has 1 N–H and O–H groups in total. The van der Waals surface area contributed by atoms with E-state index in [0.29, 0.717) is 22.6 Å². The number of rotatable bonds is 10. The molecule has 1 aliphatic rings. The molecule has 0 aromatic heterocycles. The second-order valence-electron chi connectivity index (χ2n) is 6.16. The summed E-state index contributed by atoms with van der Waals surface area (Å²) in [4.78, 5) is 24.7. The van der Waals surface area contributed by atoms with Gasteiger partial charge < -0.3 is 10.1 Å². The van der Waals surface area contributed by atoms with Crippen LogP contribution in [0.2, 0.25) is 0 Å². The van der Waals surface area contributed by atoms with Gasteiger partial charge in [-0.15, -0.1) is 5.73 Å². The Kier molecular flexibility index (Phi) is 10.3. The minimum Gasteiger partial charge on any atom is -0.497 e. The first-order chi connectivity index (χ1) is 13.9. The van der Waals surface area contributed by atoms with Gasteiger partial charge in [-0.2, -0.15) is 0 Å². The minimum absolute atomic E-state index is 0.00618. The second kappa shape index (κ2) is 12.7. The van der Waals surface area contributed by atoms with Crippen molar-refractivity contribution < 1.29 is 14.3 Å². The van der Waals surface area contributed by atoms with Gasteiger partial charge in [0.1, 0.15) is 5.76 Å². The number of amides is 1. The maximum absolute atomic E-state index is 12.4. The van der Waals surface area contributed by atoms with Crippen molar-refractivity contribution in [2.24, 2.45) is 0 Å². The zero-order chi connectivity index (χ0) is 21.6. The van der Waals surface area contributed by atoms with Gasteiger partial charge in [-0.3, -0.25) is 9.59 Å². The summed E-state index contributed by atoms with van der Waals surface area (Å²) in [6.07, 6.45) is 19.2. The Morgan fingerprint density at radius 2 is 1.79 bits per heavy atom. The summed E-state index contributed by atoms with van der Waals surface area (Å²) in [6, 6.07) is 0. The molecule has 0 saturated heterocycles. The van der Waals surface area contributed by atoms with E-state index in [1.807, 2.05) is 18.2 Å². The predicted octanol–water partition coefficient (Wildman–Crippen LogP) is 4.95. The molecule has 0 heterocycles. The van der Waals surface area contributed by atoms with Crippen molar-refractivity contribution >= 4 is 11.7 Å². The summed E-state index contributed by atoms with van der Waals surface area (Å²) in [5, 5.41) is 2.75. The molecule has 4 nitrogen and oxygen atoms in total. The smallest absolute Gasteiger partial charge is 0.251 e. The van der Waals surface area contributed by atoms with Gasteiger partial charge in [0.2, 0.25) is 0 Å². The molecule has 1 amide bonds. The lowest BCUT2D eigenvalue weighted by molar-refractivity contribution is -0.117. The molecule has 150 valence electrons. The maximum Gasteiger partial charge on any atom is 0.251 e. The van der Waals surface area contributed by atoms with E-state index in [1.54, 1.807) is 56.4 Å². The monoisotopic (exact) mass is 389 g/mol. The van der Waals surface area contributed by atoms with Crippen molar-refractivity contribution in [3.05, 3.63) is 114 Å². The number of allylic oxidation sites excluding steroid dienone is 12. The SMILES string of the molecule is C=C/C(=C\C=C(/C)C(=O)CC1=CC=CC=C=C1)NC(=O)/C(C)=C/C=C(\C=C)OC. The van der Waals surface area contributed by atoms with Gasteiger partial charge in [-0.05, 0) is 61.4 Å². The minimum atomic E-state index is -0.281. The summed E-state index contributed by atoms with van der Waals surface area (Å²) in [7, 11) is 1.53. The maximum atomic E-state index is 12.4. The molecule has 29 heavy (non-hydrogen) atoms. The Balaban J connectivity index is 2.82. The Labute approximate surface area is 173 Å². The lowest BCUT2D eigenvalue weighted by atomic mass is 10.0. The van der Waals surface area contributed by atoms with Crippen LogP contribution in [0, 0.1) is 0 Å². The summed E-state index contributed by atoms with van der Waals surface area (Å²) < 4.78 is 5.06. The fourth-order valence-corrected chi connectivity index (χ4v) is 2.13. The molecule has 4 heteroatoms. The van der Waals surface area contributed by atoms with Gasteiger partial charge in [0, 0.05) is 17.7 Å².